The van der Waals surface area contributed by atoms with E-state index in [2.05, 4.69) is 31.1 Å². The maximum Gasteiger partial charge on any atom is 0.341 e. The zero-order valence-corrected chi connectivity index (χ0v) is 18.4. The van der Waals surface area contributed by atoms with Gasteiger partial charge in [0.1, 0.15) is 19.5 Å². The van der Waals surface area contributed by atoms with Gasteiger partial charge in [-0.05, 0) is 29.3 Å². The lowest BCUT2D eigenvalue weighted by Crippen LogP contribution is -2.16. The lowest BCUT2D eigenvalue weighted by Gasteiger charge is -2.09. The molecule has 0 atom stereocenters. The second kappa shape index (κ2) is 9.90. The van der Waals surface area contributed by atoms with Crippen LogP contribution >= 0.6 is 0 Å². The lowest BCUT2D eigenvalue weighted by atomic mass is 9.99. The molecule has 0 bridgehead atoms. The van der Waals surface area contributed by atoms with Gasteiger partial charge in [-0.25, -0.2) is 9.18 Å². The molecule has 0 unspecified atom stereocenters. The van der Waals surface area contributed by atoms with Gasteiger partial charge in [0.15, 0.2) is 0 Å². The average Bonchev–Trinajstić information content (AvgIpc) is 2.70. The molecule has 0 aliphatic heterocycles. The molecule has 0 radical (unpaired) electrons. The number of carbonyl (C=O) groups is 1. The van der Waals surface area contributed by atoms with Crippen molar-refractivity contribution in [1.82, 2.24) is 0 Å². The zero-order chi connectivity index (χ0) is 21.4. The number of halogens is 1. The Labute approximate surface area is 172 Å². The van der Waals surface area contributed by atoms with Crippen molar-refractivity contribution in [2.24, 2.45) is 0 Å². The second-order valence-corrected chi connectivity index (χ2v) is 12.2. The second-order valence-electron chi connectivity index (χ2n) is 7.42. The van der Waals surface area contributed by atoms with Gasteiger partial charge in [-0.15, -0.1) is 5.54 Å². The molecule has 0 aromatic heterocycles. The standard InChI is InChI=1S/C24H25FO3Si/c1-27-17-22(24(26)28-2)21-12-7-6-10-19(21)16-23(25)20-11-8-9-18(15-20)13-14-29(3,4)5/h6-12,15-17H,1-5H3. The molecule has 150 valence electrons. The molecule has 0 heterocycles. The Morgan fingerprint density at radius 2 is 1.79 bits per heavy atom. The number of rotatable bonds is 5. The van der Waals surface area contributed by atoms with Crippen molar-refractivity contribution < 1.29 is 18.7 Å². The Hall–Kier alpha value is -3.10. The highest BCUT2D eigenvalue weighted by molar-refractivity contribution is 6.83. The molecule has 0 spiro atoms. The average molecular weight is 409 g/mol. The maximum atomic E-state index is 15.0. The van der Waals surface area contributed by atoms with E-state index in [9.17, 15) is 4.79 Å². The summed E-state index contributed by atoms with van der Waals surface area (Å²) in [7, 11) is 1.21. The van der Waals surface area contributed by atoms with E-state index < -0.39 is 19.9 Å². The summed E-state index contributed by atoms with van der Waals surface area (Å²) in [6.45, 7) is 6.48. The molecule has 2 rings (SSSR count). The van der Waals surface area contributed by atoms with Gasteiger partial charge >= 0.3 is 5.97 Å². The van der Waals surface area contributed by atoms with E-state index in [1.807, 2.05) is 6.07 Å². The third-order valence-electron chi connectivity index (χ3n) is 3.89. The van der Waals surface area contributed by atoms with Crippen molar-refractivity contribution in [2.75, 3.05) is 14.2 Å². The molecule has 5 heteroatoms. The summed E-state index contributed by atoms with van der Waals surface area (Å²) in [5, 5.41) is 0. The molecule has 0 aliphatic carbocycles. The molecule has 0 amide bonds. The fourth-order valence-corrected chi connectivity index (χ4v) is 3.06. The van der Waals surface area contributed by atoms with Crippen molar-refractivity contribution in [3.8, 4) is 11.5 Å². The molecule has 0 aliphatic rings. The van der Waals surface area contributed by atoms with Gasteiger partial charge in [-0.2, -0.15) is 0 Å². The first-order valence-corrected chi connectivity index (χ1v) is 12.7. The summed E-state index contributed by atoms with van der Waals surface area (Å²) in [4.78, 5) is 12.1. The Morgan fingerprint density at radius 1 is 1.07 bits per heavy atom. The Bertz CT molecular complexity index is 1000. The Morgan fingerprint density at radius 3 is 2.45 bits per heavy atom. The SMILES string of the molecule is COC=C(C(=O)OC)c1ccccc1C=C(F)c1cccc(C#C[Si](C)(C)C)c1. The molecule has 29 heavy (non-hydrogen) atoms. The molecule has 0 fully saturated rings. The van der Waals surface area contributed by atoms with Crippen LogP contribution in [-0.2, 0) is 14.3 Å². The fourth-order valence-electron chi connectivity index (χ4n) is 2.54. The van der Waals surface area contributed by atoms with Crippen molar-refractivity contribution in [3.63, 3.8) is 0 Å². The number of esters is 1. The van der Waals surface area contributed by atoms with Crippen LogP contribution in [-0.4, -0.2) is 28.3 Å². The fraction of sp³-hybridized carbons (Fsp3) is 0.208. The summed E-state index contributed by atoms with van der Waals surface area (Å²) in [5.74, 6) is 2.16. The summed E-state index contributed by atoms with van der Waals surface area (Å²) < 4.78 is 24.9. The highest BCUT2D eigenvalue weighted by Gasteiger charge is 2.16. The van der Waals surface area contributed by atoms with Crippen LogP contribution in [0.2, 0.25) is 19.6 Å². The van der Waals surface area contributed by atoms with Crippen molar-refractivity contribution in [3.05, 3.63) is 77.0 Å². The number of hydrogen-bond acceptors (Lipinski definition) is 3. The first kappa shape index (κ1) is 22.2. The van der Waals surface area contributed by atoms with Crippen LogP contribution in [0.5, 0.6) is 0 Å². The molecular formula is C24H25FO3Si. The molecule has 0 saturated carbocycles. The van der Waals surface area contributed by atoms with Crippen LogP contribution in [0.15, 0.2) is 54.8 Å². The van der Waals surface area contributed by atoms with E-state index in [1.165, 1.54) is 26.6 Å². The maximum absolute atomic E-state index is 15.0. The van der Waals surface area contributed by atoms with Gasteiger partial charge < -0.3 is 9.47 Å². The topological polar surface area (TPSA) is 35.5 Å². The predicted molar refractivity (Wildman–Crippen MR) is 119 cm³/mol. The predicted octanol–water partition coefficient (Wildman–Crippen LogP) is 5.54. The minimum atomic E-state index is -1.52. The molecule has 3 nitrogen and oxygen atoms in total. The van der Waals surface area contributed by atoms with E-state index in [1.54, 1.807) is 42.5 Å². The minimum Gasteiger partial charge on any atom is -0.503 e. The highest BCUT2D eigenvalue weighted by Crippen LogP contribution is 2.26. The molecule has 2 aromatic carbocycles. The van der Waals surface area contributed by atoms with Gasteiger partial charge in [0, 0.05) is 11.1 Å². The molecule has 0 saturated heterocycles. The van der Waals surface area contributed by atoms with Gasteiger partial charge in [0.2, 0.25) is 0 Å². The van der Waals surface area contributed by atoms with E-state index >= 15 is 4.39 Å². The summed E-state index contributed by atoms with van der Waals surface area (Å²) >= 11 is 0. The number of methoxy groups -OCH3 is 2. The van der Waals surface area contributed by atoms with Crippen LogP contribution in [0.1, 0.15) is 22.3 Å². The molecular weight excluding hydrogens is 383 g/mol. The smallest absolute Gasteiger partial charge is 0.341 e. The lowest BCUT2D eigenvalue weighted by molar-refractivity contribution is -0.133. The van der Waals surface area contributed by atoms with Gasteiger partial charge in [-0.3, -0.25) is 0 Å². The van der Waals surface area contributed by atoms with Crippen LogP contribution in [0.25, 0.3) is 17.5 Å². The Kier molecular flexibility index (Phi) is 7.57. The van der Waals surface area contributed by atoms with Gasteiger partial charge in [0.25, 0.3) is 0 Å². The largest absolute Gasteiger partial charge is 0.503 e. The monoisotopic (exact) mass is 408 g/mol. The molecule has 2 aromatic rings. The van der Waals surface area contributed by atoms with Crippen LogP contribution in [0.4, 0.5) is 4.39 Å². The van der Waals surface area contributed by atoms with Crippen LogP contribution in [0, 0.1) is 11.5 Å². The normalized spacial score (nSPS) is 12.1. The third kappa shape index (κ3) is 6.48. The minimum absolute atomic E-state index is 0.212. The first-order valence-electron chi connectivity index (χ1n) is 9.16. The summed E-state index contributed by atoms with van der Waals surface area (Å²) in [6, 6.07) is 14.1. The van der Waals surface area contributed by atoms with Crippen LogP contribution in [0.3, 0.4) is 0 Å². The number of benzene rings is 2. The first-order chi connectivity index (χ1) is 13.7. The number of ether oxygens (including phenoxy) is 2. The van der Waals surface area contributed by atoms with Crippen molar-refractivity contribution >= 4 is 31.5 Å². The number of hydrogen-bond donors (Lipinski definition) is 0. The van der Waals surface area contributed by atoms with Gasteiger partial charge in [0.05, 0.1) is 20.5 Å². The highest BCUT2D eigenvalue weighted by atomic mass is 28.3. The number of carbonyl (C=O) groups excluding carboxylic acids is 1. The third-order valence-corrected chi connectivity index (χ3v) is 4.77. The quantitative estimate of drug-likeness (QED) is 0.163. The van der Waals surface area contributed by atoms with Gasteiger partial charge in [-0.1, -0.05) is 62.0 Å². The van der Waals surface area contributed by atoms with E-state index in [0.29, 0.717) is 16.7 Å². The van der Waals surface area contributed by atoms with E-state index in [-0.39, 0.29) is 5.57 Å². The van der Waals surface area contributed by atoms with E-state index in [4.69, 9.17) is 9.47 Å². The zero-order valence-electron chi connectivity index (χ0n) is 17.4. The van der Waals surface area contributed by atoms with E-state index in [0.717, 1.165) is 5.56 Å². The Balaban J connectivity index is 2.47. The van der Waals surface area contributed by atoms with Crippen molar-refractivity contribution in [1.29, 1.82) is 0 Å². The molecule has 0 N–H and O–H groups in total. The van der Waals surface area contributed by atoms with Crippen molar-refractivity contribution in [2.45, 2.75) is 19.6 Å². The van der Waals surface area contributed by atoms with Crippen LogP contribution < -0.4 is 0 Å². The summed E-state index contributed by atoms with van der Waals surface area (Å²) in [6.07, 6.45) is 2.69. The summed E-state index contributed by atoms with van der Waals surface area (Å²) in [5.41, 5.74) is 5.76.